The lowest BCUT2D eigenvalue weighted by Crippen LogP contribution is -2.24. The number of pyridine rings is 1. The fourth-order valence-corrected chi connectivity index (χ4v) is 1.65. The van der Waals surface area contributed by atoms with E-state index in [0.29, 0.717) is 6.42 Å². The Morgan fingerprint density at radius 3 is 2.93 bits per heavy atom. The van der Waals surface area contributed by atoms with Crippen molar-refractivity contribution in [3.8, 4) is 0 Å². The Morgan fingerprint density at radius 2 is 2.36 bits per heavy atom. The van der Waals surface area contributed by atoms with Crippen LogP contribution in [-0.4, -0.2) is 34.0 Å². The number of rotatable bonds is 2. The van der Waals surface area contributed by atoms with E-state index in [1.54, 1.807) is 6.20 Å². The topological polar surface area (TPSA) is 62.6 Å². The third kappa shape index (κ3) is 1.77. The van der Waals surface area contributed by atoms with Crippen molar-refractivity contribution in [3.05, 3.63) is 30.1 Å². The quantitative estimate of drug-likeness (QED) is 0.710. The lowest BCUT2D eigenvalue weighted by Gasteiger charge is -2.11. The maximum atomic E-state index is 9.51. The van der Waals surface area contributed by atoms with Gasteiger partial charge in [0.25, 0.3) is 0 Å². The van der Waals surface area contributed by atoms with Crippen LogP contribution in [0.4, 0.5) is 0 Å². The number of aliphatic hydroxyl groups excluding tert-OH is 2. The molecule has 4 nitrogen and oxygen atoms in total. The molecule has 1 aliphatic rings. The maximum Gasteiger partial charge on any atom is 0.107 e. The van der Waals surface area contributed by atoms with Crippen LogP contribution in [0.5, 0.6) is 0 Å². The van der Waals surface area contributed by atoms with Crippen molar-refractivity contribution in [3.63, 3.8) is 0 Å². The molecule has 1 fully saturated rings. The highest BCUT2D eigenvalue weighted by atomic mass is 16.5. The molecule has 0 aliphatic carbocycles. The van der Waals surface area contributed by atoms with E-state index in [0.717, 1.165) is 5.69 Å². The van der Waals surface area contributed by atoms with Gasteiger partial charge in [0.1, 0.15) is 12.2 Å². The van der Waals surface area contributed by atoms with Crippen LogP contribution in [0.3, 0.4) is 0 Å². The molecule has 1 aromatic rings. The van der Waals surface area contributed by atoms with Gasteiger partial charge in [0.05, 0.1) is 18.4 Å². The van der Waals surface area contributed by atoms with Gasteiger partial charge in [-0.3, -0.25) is 4.98 Å². The van der Waals surface area contributed by atoms with Gasteiger partial charge in [-0.15, -0.1) is 0 Å². The molecule has 2 heterocycles. The van der Waals surface area contributed by atoms with Gasteiger partial charge in [-0.1, -0.05) is 6.07 Å². The lowest BCUT2D eigenvalue weighted by molar-refractivity contribution is -0.0235. The third-order valence-electron chi connectivity index (χ3n) is 2.42. The average molecular weight is 195 g/mol. The molecule has 76 valence electrons. The summed E-state index contributed by atoms with van der Waals surface area (Å²) in [5.41, 5.74) is 0.808. The first-order chi connectivity index (χ1) is 6.81. The number of hydrogen-bond acceptors (Lipinski definition) is 4. The van der Waals surface area contributed by atoms with Gasteiger partial charge < -0.3 is 14.9 Å². The highest BCUT2D eigenvalue weighted by Crippen LogP contribution is 2.31. The molecule has 0 amide bonds. The van der Waals surface area contributed by atoms with Crippen LogP contribution >= 0.6 is 0 Å². The van der Waals surface area contributed by atoms with Crippen LogP contribution in [0.1, 0.15) is 18.2 Å². The van der Waals surface area contributed by atoms with Crippen molar-refractivity contribution in [2.24, 2.45) is 0 Å². The first-order valence-corrected chi connectivity index (χ1v) is 4.66. The zero-order valence-corrected chi connectivity index (χ0v) is 7.71. The zero-order chi connectivity index (χ0) is 9.97. The third-order valence-corrected chi connectivity index (χ3v) is 2.42. The summed E-state index contributed by atoms with van der Waals surface area (Å²) >= 11 is 0. The minimum absolute atomic E-state index is 0.148. The van der Waals surface area contributed by atoms with Crippen LogP contribution < -0.4 is 0 Å². The van der Waals surface area contributed by atoms with E-state index in [1.807, 2.05) is 18.2 Å². The number of nitrogens with zero attached hydrogens (tertiary/aromatic N) is 1. The van der Waals surface area contributed by atoms with Crippen molar-refractivity contribution >= 4 is 0 Å². The molecule has 1 aliphatic heterocycles. The molecular weight excluding hydrogens is 182 g/mol. The molecule has 0 spiro atoms. The monoisotopic (exact) mass is 195 g/mol. The van der Waals surface area contributed by atoms with Gasteiger partial charge in [-0.25, -0.2) is 0 Å². The number of hydrogen-bond donors (Lipinski definition) is 2. The Bertz CT molecular complexity index is 291. The summed E-state index contributed by atoms with van der Waals surface area (Å²) in [7, 11) is 0. The molecular formula is C10H13NO3. The Morgan fingerprint density at radius 1 is 1.50 bits per heavy atom. The van der Waals surface area contributed by atoms with Gasteiger partial charge in [-0.2, -0.15) is 0 Å². The fourth-order valence-electron chi connectivity index (χ4n) is 1.65. The average Bonchev–Trinajstić information content (AvgIpc) is 2.61. The molecule has 0 radical (unpaired) electrons. The lowest BCUT2D eigenvalue weighted by atomic mass is 10.1. The second kappa shape index (κ2) is 4.04. The summed E-state index contributed by atoms with van der Waals surface area (Å²) in [5, 5.41) is 18.4. The molecule has 0 saturated carbocycles. The van der Waals surface area contributed by atoms with Crippen LogP contribution in [0.25, 0.3) is 0 Å². The van der Waals surface area contributed by atoms with Gasteiger partial charge in [0.2, 0.25) is 0 Å². The normalized spacial score (nSPS) is 32.0. The van der Waals surface area contributed by atoms with Gasteiger partial charge in [-0.05, 0) is 12.1 Å². The van der Waals surface area contributed by atoms with E-state index >= 15 is 0 Å². The molecule has 1 aromatic heterocycles. The Hall–Kier alpha value is -0.970. The summed E-state index contributed by atoms with van der Waals surface area (Å²) in [5.74, 6) is 0. The molecule has 0 unspecified atom stereocenters. The van der Waals surface area contributed by atoms with Gasteiger partial charge in [0.15, 0.2) is 0 Å². The van der Waals surface area contributed by atoms with E-state index in [4.69, 9.17) is 9.84 Å². The maximum absolute atomic E-state index is 9.51. The smallest absolute Gasteiger partial charge is 0.107 e. The molecule has 2 rings (SSSR count). The Labute approximate surface area is 82.2 Å². The van der Waals surface area contributed by atoms with Crippen molar-refractivity contribution in [1.29, 1.82) is 0 Å². The standard InChI is InChI=1S/C10H13NO3/c12-6-10-8(13)5-9(14-10)7-3-1-2-4-11-7/h1-4,8-10,12-13H,5-6H2/t8-,9+,10+/m0/s1. The van der Waals surface area contributed by atoms with E-state index in [-0.39, 0.29) is 12.7 Å². The van der Waals surface area contributed by atoms with E-state index in [1.165, 1.54) is 0 Å². The summed E-state index contributed by atoms with van der Waals surface area (Å²) in [4.78, 5) is 4.15. The first kappa shape index (κ1) is 9.58. The Kier molecular flexibility index (Phi) is 2.77. The van der Waals surface area contributed by atoms with Crippen molar-refractivity contribution < 1.29 is 14.9 Å². The molecule has 14 heavy (non-hydrogen) atoms. The van der Waals surface area contributed by atoms with Gasteiger partial charge in [0, 0.05) is 12.6 Å². The van der Waals surface area contributed by atoms with Crippen LogP contribution in [0, 0.1) is 0 Å². The Balaban J connectivity index is 2.09. The predicted molar refractivity (Wildman–Crippen MR) is 49.6 cm³/mol. The highest BCUT2D eigenvalue weighted by molar-refractivity contribution is 5.09. The van der Waals surface area contributed by atoms with Crippen LogP contribution in [0.15, 0.2) is 24.4 Å². The second-order valence-corrected chi connectivity index (χ2v) is 3.40. The fraction of sp³-hybridized carbons (Fsp3) is 0.500. The SMILES string of the molecule is OC[C@H]1O[C@@H](c2ccccn2)C[C@@H]1O. The summed E-state index contributed by atoms with van der Waals surface area (Å²) in [6, 6.07) is 5.57. The number of aliphatic hydroxyl groups is 2. The van der Waals surface area contributed by atoms with Crippen molar-refractivity contribution in [1.82, 2.24) is 4.98 Å². The number of ether oxygens (including phenoxy) is 1. The second-order valence-electron chi connectivity index (χ2n) is 3.40. The van der Waals surface area contributed by atoms with Crippen molar-refractivity contribution in [2.45, 2.75) is 24.7 Å². The molecule has 4 heteroatoms. The van der Waals surface area contributed by atoms with E-state index < -0.39 is 12.2 Å². The molecule has 0 bridgehead atoms. The summed E-state index contributed by atoms with van der Waals surface area (Å²) in [6.07, 6.45) is 0.942. The molecule has 1 saturated heterocycles. The van der Waals surface area contributed by atoms with E-state index in [2.05, 4.69) is 4.98 Å². The minimum Gasteiger partial charge on any atom is -0.394 e. The minimum atomic E-state index is -0.591. The van der Waals surface area contributed by atoms with Crippen LogP contribution in [0.2, 0.25) is 0 Å². The first-order valence-electron chi connectivity index (χ1n) is 4.66. The molecule has 0 aromatic carbocycles. The largest absolute Gasteiger partial charge is 0.394 e. The predicted octanol–water partition coefficient (Wildman–Crippen LogP) is 0.265. The summed E-state index contributed by atoms with van der Waals surface area (Å²) in [6.45, 7) is -0.148. The molecule has 2 N–H and O–H groups in total. The number of aromatic nitrogens is 1. The van der Waals surface area contributed by atoms with Crippen LogP contribution in [-0.2, 0) is 4.74 Å². The highest BCUT2D eigenvalue weighted by Gasteiger charge is 2.34. The summed E-state index contributed by atoms with van der Waals surface area (Å²) < 4.78 is 5.45. The molecule has 3 atom stereocenters. The van der Waals surface area contributed by atoms with E-state index in [9.17, 15) is 5.11 Å². The van der Waals surface area contributed by atoms with Gasteiger partial charge >= 0.3 is 0 Å². The van der Waals surface area contributed by atoms with Crippen molar-refractivity contribution in [2.75, 3.05) is 6.61 Å². The zero-order valence-electron chi connectivity index (χ0n) is 7.71.